The monoisotopic (exact) mass is 246 g/mol. The lowest BCUT2D eigenvalue weighted by molar-refractivity contribution is -0.133. The number of carboxylic acid groups (broad SMARTS) is 1. The molecule has 0 spiro atoms. The van der Waals surface area contributed by atoms with Gasteiger partial charge in [-0.25, -0.2) is 0 Å². The molecule has 7 heteroatoms. The van der Waals surface area contributed by atoms with Crippen LogP contribution < -0.4 is 0 Å². The Kier molecular flexibility index (Phi) is 4.31. The van der Waals surface area contributed by atoms with Gasteiger partial charge in [-0.2, -0.15) is 4.98 Å². The van der Waals surface area contributed by atoms with Crippen LogP contribution in [0.1, 0.15) is 25.6 Å². The SMILES string of the molecule is COC(C)(C)c1noc(CSCC(=O)O)n1. The van der Waals surface area contributed by atoms with E-state index in [9.17, 15) is 4.79 Å². The number of hydrogen-bond donors (Lipinski definition) is 1. The molecule has 16 heavy (non-hydrogen) atoms. The molecule has 0 amide bonds. The van der Waals surface area contributed by atoms with Gasteiger partial charge in [-0.3, -0.25) is 4.79 Å². The molecule has 1 N–H and O–H groups in total. The van der Waals surface area contributed by atoms with E-state index in [2.05, 4.69) is 10.1 Å². The van der Waals surface area contributed by atoms with Gasteiger partial charge >= 0.3 is 5.97 Å². The average molecular weight is 246 g/mol. The molecule has 0 radical (unpaired) electrons. The summed E-state index contributed by atoms with van der Waals surface area (Å²) in [6.45, 7) is 3.65. The van der Waals surface area contributed by atoms with Crippen molar-refractivity contribution in [3.8, 4) is 0 Å². The standard InChI is InChI=1S/C9H14N2O4S/c1-9(2,14-3)8-10-6(15-11-8)4-16-5-7(12)13/h4-5H2,1-3H3,(H,12,13). The number of nitrogens with zero attached hydrogens (tertiary/aromatic N) is 2. The van der Waals surface area contributed by atoms with E-state index in [1.807, 2.05) is 13.8 Å². The molecule has 0 unspecified atom stereocenters. The number of methoxy groups -OCH3 is 1. The fourth-order valence-electron chi connectivity index (χ4n) is 0.875. The smallest absolute Gasteiger partial charge is 0.313 e. The minimum atomic E-state index is -0.859. The van der Waals surface area contributed by atoms with Crippen molar-refractivity contribution in [1.29, 1.82) is 0 Å². The largest absolute Gasteiger partial charge is 0.481 e. The van der Waals surface area contributed by atoms with Crippen LogP contribution in [0.25, 0.3) is 0 Å². The Hall–Kier alpha value is -1.08. The first kappa shape index (κ1) is 13.0. The first-order valence-corrected chi connectivity index (χ1v) is 5.79. The highest BCUT2D eigenvalue weighted by molar-refractivity contribution is 7.99. The van der Waals surface area contributed by atoms with Crippen molar-refractivity contribution in [2.24, 2.45) is 0 Å². The number of hydrogen-bond acceptors (Lipinski definition) is 6. The lowest BCUT2D eigenvalue weighted by Crippen LogP contribution is -2.21. The summed E-state index contributed by atoms with van der Waals surface area (Å²) in [6.07, 6.45) is 0. The Morgan fingerprint density at radius 2 is 2.31 bits per heavy atom. The van der Waals surface area contributed by atoms with E-state index in [0.717, 1.165) is 0 Å². The maximum Gasteiger partial charge on any atom is 0.313 e. The van der Waals surface area contributed by atoms with Crippen LogP contribution in [0.3, 0.4) is 0 Å². The second-order valence-electron chi connectivity index (χ2n) is 3.61. The second kappa shape index (κ2) is 5.31. The Labute approximate surface area is 97.4 Å². The van der Waals surface area contributed by atoms with Gasteiger partial charge in [-0.15, -0.1) is 11.8 Å². The number of ether oxygens (including phenoxy) is 1. The van der Waals surface area contributed by atoms with E-state index in [4.69, 9.17) is 14.4 Å². The van der Waals surface area contributed by atoms with E-state index < -0.39 is 11.6 Å². The highest BCUT2D eigenvalue weighted by Gasteiger charge is 2.26. The molecule has 0 bridgehead atoms. The van der Waals surface area contributed by atoms with Crippen LogP contribution in [-0.4, -0.2) is 34.1 Å². The van der Waals surface area contributed by atoms with Crippen molar-refractivity contribution >= 4 is 17.7 Å². The molecular formula is C9H14N2O4S. The van der Waals surface area contributed by atoms with Crippen LogP contribution in [0, 0.1) is 0 Å². The lowest BCUT2D eigenvalue weighted by Gasteiger charge is -2.17. The van der Waals surface area contributed by atoms with Crippen LogP contribution in [0.4, 0.5) is 0 Å². The molecule has 1 aromatic heterocycles. The van der Waals surface area contributed by atoms with Gasteiger partial charge in [0.1, 0.15) is 5.60 Å². The lowest BCUT2D eigenvalue weighted by atomic mass is 10.1. The van der Waals surface area contributed by atoms with Crippen LogP contribution in [0.15, 0.2) is 4.52 Å². The zero-order chi connectivity index (χ0) is 12.2. The molecule has 0 aliphatic rings. The quantitative estimate of drug-likeness (QED) is 0.808. The number of carboxylic acids is 1. The van der Waals surface area contributed by atoms with Gasteiger partial charge in [0.15, 0.2) is 0 Å². The van der Waals surface area contributed by atoms with Crippen LogP contribution in [0.5, 0.6) is 0 Å². The molecule has 0 atom stereocenters. The molecular weight excluding hydrogens is 232 g/mol. The Morgan fingerprint density at radius 1 is 1.62 bits per heavy atom. The summed E-state index contributed by atoms with van der Waals surface area (Å²) in [5.74, 6) is 0.416. The van der Waals surface area contributed by atoms with Crippen molar-refractivity contribution in [3.63, 3.8) is 0 Å². The summed E-state index contributed by atoms with van der Waals surface area (Å²) in [6, 6.07) is 0. The Bertz CT molecular complexity index is 364. The van der Waals surface area contributed by atoms with E-state index >= 15 is 0 Å². The Morgan fingerprint density at radius 3 is 2.88 bits per heavy atom. The molecule has 0 saturated heterocycles. The van der Waals surface area contributed by atoms with E-state index in [-0.39, 0.29) is 5.75 Å². The fraction of sp³-hybridized carbons (Fsp3) is 0.667. The molecule has 1 rings (SSSR count). The van der Waals surface area contributed by atoms with Gasteiger partial charge in [-0.1, -0.05) is 5.16 Å². The number of aromatic nitrogens is 2. The normalized spacial score (nSPS) is 11.7. The third-order valence-electron chi connectivity index (χ3n) is 1.97. The highest BCUT2D eigenvalue weighted by Crippen LogP contribution is 2.21. The van der Waals surface area contributed by atoms with Gasteiger partial charge in [0.25, 0.3) is 0 Å². The molecule has 0 aliphatic carbocycles. The molecule has 1 heterocycles. The molecule has 0 aromatic carbocycles. The highest BCUT2D eigenvalue weighted by atomic mass is 32.2. The van der Waals surface area contributed by atoms with Gasteiger partial charge in [0.05, 0.1) is 11.5 Å². The van der Waals surface area contributed by atoms with Crippen molar-refractivity contribution in [2.75, 3.05) is 12.9 Å². The summed E-state index contributed by atoms with van der Waals surface area (Å²) in [5.41, 5.74) is -0.598. The van der Waals surface area contributed by atoms with Crippen molar-refractivity contribution in [3.05, 3.63) is 11.7 Å². The molecule has 0 saturated carbocycles. The van der Waals surface area contributed by atoms with E-state index in [1.54, 1.807) is 7.11 Å². The zero-order valence-electron chi connectivity index (χ0n) is 9.39. The molecule has 90 valence electrons. The minimum absolute atomic E-state index is 0.0192. The van der Waals surface area contributed by atoms with Gasteiger partial charge in [0.2, 0.25) is 11.7 Å². The Balaban J connectivity index is 2.55. The van der Waals surface area contributed by atoms with Gasteiger partial charge in [0, 0.05) is 7.11 Å². The first-order chi connectivity index (χ1) is 7.45. The third-order valence-corrected chi connectivity index (χ3v) is 2.87. The van der Waals surface area contributed by atoms with Crippen molar-refractivity contribution < 1.29 is 19.2 Å². The zero-order valence-corrected chi connectivity index (χ0v) is 10.2. The maximum absolute atomic E-state index is 10.3. The van der Waals surface area contributed by atoms with Gasteiger partial charge in [-0.05, 0) is 13.8 Å². The van der Waals surface area contributed by atoms with Crippen LogP contribution in [-0.2, 0) is 20.9 Å². The van der Waals surface area contributed by atoms with E-state index in [1.165, 1.54) is 11.8 Å². The predicted octanol–water partition coefficient (Wildman–Crippen LogP) is 1.27. The van der Waals surface area contributed by atoms with Crippen LogP contribution >= 0.6 is 11.8 Å². The molecule has 1 aromatic rings. The van der Waals surface area contributed by atoms with Crippen LogP contribution in [0.2, 0.25) is 0 Å². The maximum atomic E-state index is 10.3. The topological polar surface area (TPSA) is 85.5 Å². The summed E-state index contributed by atoms with van der Waals surface area (Å²) in [7, 11) is 1.56. The summed E-state index contributed by atoms with van der Waals surface area (Å²) in [4.78, 5) is 14.4. The summed E-state index contributed by atoms with van der Waals surface area (Å²) >= 11 is 1.21. The summed E-state index contributed by atoms with van der Waals surface area (Å²) in [5, 5.41) is 12.2. The van der Waals surface area contributed by atoms with E-state index in [0.29, 0.717) is 17.5 Å². The average Bonchev–Trinajstić information content (AvgIpc) is 2.66. The van der Waals surface area contributed by atoms with Crippen molar-refractivity contribution in [1.82, 2.24) is 10.1 Å². The fourth-order valence-corrected chi connectivity index (χ4v) is 1.44. The first-order valence-electron chi connectivity index (χ1n) is 4.63. The minimum Gasteiger partial charge on any atom is -0.481 e. The molecule has 0 aliphatic heterocycles. The number of aliphatic carboxylic acids is 1. The van der Waals surface area contributed by atoms with Gasteiger partial charge < -0.3 is 14.4 Å². The van der Waals surface area contributed by atoms with Crippen molar-refractivity contribution in [2.45, 2.75) is 25.2 Å². The predicted molar refractivity (Wildman–Crippen MR) is 58.1 cm³/mol. The summed E-state index contributed by atoms with van der Waals surface area (Å²) < 4.78 is 10.2. The third kappa shape index (κ3) is 3.49. The number of carbonyl (C=O) groups is 1. The number of thioether (sulfide) groups is 1. The number of rotatable bonds is 6. The molecule has 6 nitrogen and oxygen atoms in total. The second-order valence-corrected chi connectivity index (χ2v) is 4.60. The molecule has 0 fully saturated rings.